The molecule has 0 spiro atoms. The van der Waals surface area contributed by atoms with Crippen LogP contribution in [0.3, 0.4) is 0 Å². The molecule has 1 N–H and O–H groups in total. The van der Waals surface area contributed by atoms with Crippen molar-refractivity contribution in [2.75, 3.05) is 36.5 Å². The summed E-state index contributed by atoms with van der Waals surface area (Å²) >= 11 is 3.41. The van der Waals surface area contributed by atoms with Crippen molar-refractivity contribution in [1.29, 1.82) is 0 Å². The van der Waals surface area contributed by atoms with Gasteiger partial charge in [-0.05, 0) is 60.5 Å². The summed E-state index contributed by atoms with van der Waals surface area (Å²) in [7, 11) is 0. The highest BCUT2D eigenvalue weighted by molar-refractivity contribution is 9.10. The Labute approximate surface area is 178 Å². The average Bonchev–Trinajstić information content (AvgIpc) is 2.74. The maximum absolute atomic E-state index is 12.3. The summed E-state index contributed by atoms with van der Waals surface area (Å²) in [6, 6.07) is 15.7. The Morgan fingerprint density at radius 1 is 1.14 bits per heavy atom. The monoisotopic (exact) mass is 451 g/mol. The minimum Gasteiger partial charge on any atom is -0.378 e. The number of aryl methyl sites for hydroxylation is 1. The van der Waals surface area contributed by atoms with Gasteiger partial charge in [0.1, 0.15) is 5.82 Å². The third-order valence-electron chi connectivity index (χ3n) is 4.90. The first-order chi connectivity index (χ1) is 14.1. The molecule has 1 fully saturated rings. The van der Waals surface area contributed by atoms with Gasteiger partial charge in [0.15, 0.2) is 0 Å². The van der Waals surface area contributed by atoms with Gasteiger partial charge in [0.2, 0.25) is 5.91 Å². The number of halogens is 1. The number of hydrogen-bond donors (Lipinski definition) is 1. The Morgan fingerprint density at radius 2 is 1.90 bits per heavy atom. The number of amides is 1. The highest BCUT2D eigenvalue weighted by atomic mass is 79.9. The number of pyridine rings is 1. The molecule has 0 bridgehead atoms. The molecule has 1 aliphatic heterocycles. The lowest BCUT2D eigenvalue weighted by Gasteiger charge is -2.28. The maximum Gasteiger partial charge on any atom is 0.248 e. The molecule has 0 saturated carbocycles. The van der Waals surface area contributed by atoms with Gasteiger partial charge in [-0.2, -0.15) is 0 Å². The number of morpholine rings is 1. The van der Waals surface area contributed by atoms with Gasteiger partial charge in [0, 0.05) is 34.7 Å². The van der Waals surface area contributed by atoms with Gasteiger partial charge in [-0.1, -0.05) is 28.1 Å². The second kappa shape index (κ2) is 8.76. The molecule has 0 aliphatic carbocycles. The zero-order valence-corrected chi connectivity index (χ0v) is 17.8. The topological polar surface area (TPSA) is 54.5 Å². The van der Waals surface area contributed by atoms with E-state index in [1.807, 2.05) is 42.5 Å². The van der Waals surface area contributed by atoms with Crippen LogP contribution in [0.5, 0.6) is 0 Å². The standard InChI is InChI=1S/C23H22BrN3O2/c1-16-14-22(27-10-12-29-13-11-27)26-21-8-7-19(15-20(16)21)25-23(28)9-4-17-2-5-18(24)6-3-17/h2-9,14-15H,10-13H2,1H3,(H,25,28). The van der Waals surface area contributed by atoms with E-state index in [9.17, 15) is 4.79 Å². The minimum atomic E-state index is -0.164. The number of nitrogens with zero attached hydrogens (tertiary/aromatic N) is 2. The summed E-state index contributed by atoms with van der Waals surface area (Å²) in [6.45, 7) is 5.26. The third kappa shape index (κ3) is 4.83. The summed E-state index contributed by atoms with van der Waals surface area (Å²) in [5, 5.41) is 3.97. The molecular formula is C23H22BrN3O2. The molecule has 0 atom stereocenters. The molecule has 3 aromatic rings. The minimum absolute atomic E-state index is 0.164. The van der Waals surface area contributed by atoms with Gasteiger partial charge in [0.05, 0.1) is 18.7 Å². The molecule has 2 aromatic carbocycles. The summed E-state index contributed by atoms with van der Waals surface area (Å²) in [6.07, 6.45) is 3.34. The van der Waals surface area contributed by atoms with Crippen molar-refractivity contribution in [2.24, 2.45) is 0 Å². The number of anilines is 2. The molecule has 0 radical (unpaired) electrons. The number of ether oxygens (including phenoxy) is 1. The molecule has 148 valence electrons. The second-order valence-electron chi connectivity index (χ2n) is 7.00. The van der Waals surface area contributed by atoms with Crippen LogP contribution in [0.4, 0.5) is 11.5 Å². The average molecular weight is 452 g/mol. The number of benzene rings is 2. The van der Waals surface area contributed by atoms with Crippen LogP contribution in [0.25, 0.3) is 17.0 Å². The molecule has 2 heterocycles. The van der Waals surface area contributed by atoms with Gasteiger partial charge in [-0.25, -0.2) is 4.98 Å². The number of carbonyl (C=O) groups excluding carboxylic acids is 1. The molecule has 1 amide bonds. The van der Waals surface area contributed by atoms with Crippen molar-refractivity contribution >= 4 is 50.3 Å². The first-order valence-corrected chi connectivity index (χ1v) is 10.4. The van der Waals surface area contributed by atoms with E-state index in [0.29, 0.717) is 0 Å². The lowest BCUT2D eigenvalue weighted by Crippen LogP contribution is -2.36. The van der Waals surface area contributed by atoms with Crippen LogP contribution in [0, 0.1) is 6.92 Å². The Morgan fingerprint density at radius 3 is 2.66 bits per heavy atom. The molecule has 6 heteroatoms. The van der Waals surface area contributed by atoms with Crippen molar-refractivity contribution in [3.63, 3.8) is 0 Å². The highest BCUT2D eigenvalue weighted by Gasteiger charge is 2.14. The summed E-state index contributed by atoms with van der Waals surface area (Å²) < 4.78 is 6.44. The second-order valence-corrected chi connectivity index (χ2v) is 7.92. The number of fused-ring (bicyclic) bond motifs is 1. The predicted octanol–water partition coefficient (Wildman–Crippen LogP) is 4.79. The SMILES string of the molecule is Cc1cc(N2CCOCC2)nc2ccc(NC(=O)C=Cc3ccc(Br)cc3)cc12. The van der Waals surface area contributed by atoms with Gasteiger partial charge in [-0.15, -0.1) is 0 Å². The van der Waals surface area contributed by atoms with Crippen LogP contribution < -0.4 is 10.2 Å². The molecule has 1 aromatic heterocycles. The first kappa shape index (κ1) is 19.6. The van der Waals surface area contributed by atoms with E-state index in [1.54, 1.807) is 12.2 Å². The molecule has 1 saturated heterocycles. The molecular weight excluding hydrogens is 430 g/mol. The first-order valence-electron chi connectivity index (χ1n) is 9.57. The fourth-order valence-electron chi connectivity index (χ4n) is 3.34. The van der Waals surface area contributed by atoms with E-state index < -0.39 is 0 Å². The zero-order chi connectivity index (χ0) is 20.2. The van der Waals surface area contributed by atoms with Crippen molar-refractivity contribution in [2.45, 2.75) is 6.92 Å². The van der Waals surface area contributed by atoms with Gasteiger partial charge in [0.25, 0.3) is 0 Å². The summed E-state index contributed by atoms with van der Waals surface area (Å²) in [5.74, 6) is 0.815. The van der Waals surface area contributed by atoms with Crippen molar-refractivity contribution in [3.05, 3.63) is 70.2 Å². The van der Waals surface area contributed by atoms with Crippen LogP contribution >= 0.6 is 15.9 Å². The predicted molar refractivity (Wildman–Crippen MR) is 121 cm³/mol. The van der Waals surface area contributed by atoms with E-state index in [1.165, 1.54) is 0 Å². The van der Waals surface area contributed by atoms with Crippen LogP contribution in [0.1, 0.15) is 11.1 Å². The third-order valence-corrected chi connectivity index (χ3v) is 5.43. The lowest BCUT2D eigenvalue weighted by molar-refractivity contribution is -0.111. The number of rotatable bonds is 4. The van der Waals surface area contributed by atoms with Gasteiger partial charge in [-0.3, -0.25) is 4.79 Å². The highest BCUT2D eigenvalue weighted by Crippen LogP contribution is 2.26. The fourth-order valence-corrected chi connectivity index (χ4v) is 3.60. The van der Waals surface area contributed by atoms with Crippen molar-refractivity contribution in [1.82, 2.24) is 4.98 Å². The quantitative estimate of drug-likeness (QED) is 0.579. The molecule has 4 rings (SSSR count). The van der Waals surface area contributed by atoms with E-state index in [4.69, 9.17) is 9.72 Å². The molecule has 5 nitrogen and oxygen atoms in total. The molecule has 29 heavy (non-hydrogen) atoms. The summed E-state index contributed by atoms with van der Waals surface area (Å²) in [4.78, 5) is 19.3. The number of carbonyl (C=O) groups is 1. The lowest BCUT2D eigenvalue weighted by atomic mass is 10.1. The Balaban J connectivity index is 1.50. The van der Waals surface area contributed by atoms with E-state index >= 15 is 0 Å². The smallest absolute Gasteiger partial charge is 0.248 e. The van der Waals surface area contributed by atoms with Crippen molar-refractivity contribution < 1.29 is 9.53 Å². The zero-order valence-electron chi connectivity index (χ0n) is 16.2. The van der Waals surface area contributed by atoms with Gasteiger partial charge >= 0.3 is 0 Å². The van der Waals surface area contributed by atoms with Crippen LogP contribution in [-0.4, -0.2) is 37.2 Å². The Bertz CT molecular complexity index is 1060. The number of hydrogen-bond acceptors (Lipinski definition) is 4. The van der Waals surface area contributed by atoms with Gasteiger partial charge < -0.3 is 15.0 Å². The number of nitrogens with one attached hydrogen (secondary N) is 1. The fraction of sp³-hybridized carbons (Fsp3) is 0.217. The Kier molecular flexibility index (Phi) is 5.92. The van der Waals surface area contributed by atoms with E-state index in [2.05, 4.69) is 39.1 Å². The van der Waals surface area contributed by atoms with E-state index in [-0.39, 0.29) is 5.91 Å². The summed E-state index contributed by atoms with van der Waals surface area (Å²) in [5.41, 5.74) is 3.79. The molecule has 1 aliphatic rings. The van der Waals surface area contributed by atoms with Crippen LogP contribution in [0.2, 0.25) is 0 Å². The normalized spacial score (nSPS) is 14.5. The van der Waals surface area contributed by atoms with Crippen molar-refractivity contribution in [3.8, 4) is 0 Å². The maximum atomic E-state index is 12.3. The molecule has 0 unspecified atom stereocenters. The van der Waals surface area contributed by atoms with E-state index in [0.717, 1.165) is 64.3 Å². The number of aromatic nitrogens is 1. The Hall–Kier alpha value is -2.70. The van der Waals surface area contributed by atoms with Crippen LogP contribution in [-0.2, 0) is 9.53 Å². The largest absolute Gasteiger partial charge is 0.378 e. The van der Waals surface area contributed by atoms with Crippen LogP contribution in [0.15, 0.2) is 59.1 Å².